The first-order valence-electron chi connectivity index (χ1n) is 9.32. The molecule has 0 bridgehead atoms. The summed E-state index contributed by atoms with van der Waals surface area (Å²) in [7, 11) is 1.56. The van der Waals surface area contributed by atoms with Crippen molar-refractivity contribution in [1.82, 2.24) is 0 Å². The van der Waals surface area contributed by atoms with Crippen molar-refractivity contribution >= 4 is 45.5 Å². The van der Waals surface area contributed by atoms with Crippen molar-refractivity contribution < 1.29 is 23.8 Å². The van der Waals surface area contributed by atoms with Gasteiger partial charge in [-0.1, -0.05) is 6.92 Å². The number of esters is 1. The van der Waals surface area contributed by atoms with Crippen LogP contribution in [0.25, 0.3) is 6.08 Å². The number of nitrogens with one attached hydrogen (secondary N) is 1. The van der Waals surface area contributed by atoms with Crippen molar-refractivity contribution in [2.75, 3.05) is 19.0 Å². The second kappa shape index (κ2) is 9.58. The molecule has 0 fully saturated rings. The summed E-state index contributed by atoms with van der Waals surface area (Å²) in [6.07, 6.45) is 2.49. The third-order valence-corrected chi connectivity index (χ3v) is 4.67. The summed E-state index contributed by atoms with van der Waals surface area (Å²) in [5.74, 6) is 0.657. The molecule has 0 saturated heterocycles. The number of aliphatic imine (C=N–C) groups is 1. The smallest absolute Gasteiger partial charge is 0.363 e. The number of carbonyl (C=O) groups is 2. The minimum atomic E-state index is -0.544. The maximum atomic E-state index is 12.3. The van der Waals surface area contributed by atoms with Gasteiger partial charge >= 0.3 is 5.97 Å². The Labute approximate surface area is 182 Å². The van der Waals surface area contributed by atoms with Gasteiger partial charge in [0.05, 0.1) is 18.2 Å². The SMILES string of the molecule is CCCOc1c(Br)cc(/C=C2\N=C(c3ccc(NC(C)=O)cc3)OC2=O)cc1OC. The molecule has 1 heterocycles. The molecule has 1 N–H and O–H groups in total. The van der Waals surface area contributed by atoms with Crippen molar-refractivity contribution in [1.29, 1.82) is 0 Å². The van der Waals surface area contributed by atoms with E-state index in [1.807, 2.05) is 13.0 Å². The molecule has 1 amide bonds. The van der Waals surface area contributed by atoms with Crippen LogP contribution in [-0.4, -0.2) is 31.5 Å². The van der Waals surface area contributed by atoms with E-state index in [0.717, 1.165) is 6.42 Å². The van der Waals surface area contributed by atoms with E-state index in [4.69, 9.17) is 14.2 Å². The molecule has 1 aliphatic heterocycles. The van der Waals surface area contributed by atoms with Crippen LogP contribution in [0.4, 0.5) is 5.69 Å². The first kappa shape index (κ1) is 21.6. The van der Waals surface area contributed by atoms with E-state index in [1.54, 1.807) is 43.5 Å². The zero-order valence-electron chi connectivity index (χ0n) is 16.8. The lowest BCUT2D eigenvalue weighted by Crippen LogP contribution is -2.07. The third-order valence-electron chi connectivity index (χ3n) is 4.08. The van der Waals surface area contributed by atoms with Gasteiger partial charge in [0.25, 0.3) is 0 Å². The number of rotatable bonds is 7. The molecular formula is C22H21BrN2O5. The standard InChI is InChI=1S/C22H21BrN2O5/c1-4-9-29-20-17(23)10-14(12-19(20)28-3)11-18-22(27)30-21(25-18)15-5-7-16(8-6-15)24-13(2)26/h5-8,10-12H,4,9H2,1-3H3,(H,24,26)/b18-11-. The van der Waals surface area contributed by atoms with E-state index in [2.05, 4.69) is 26.2 Å². The Morgan fingerprint density at radius 3 is 2.63 bits per heavy atom. The normalized spacial score (nSPS) is 14.3. The van der Waals surface area contributed by atoms with Crippen LogP contribution in [0.15, 0.2) is 51.6 Å². The van der Waals surface area contributed by atoms with E-state index in [0.29, 0.717) is 39.4 Å². The van der Waals surface area contributed by atoms with Crippen molar-refractivity contribution in [3.63, 3.8) is 0 Å². The molecule has 2 aromatic carbocycles. The third kappa shape index (κ3) is 5.07. The maximum Gasteiger partial charge on any atom is 0.363 e. The van der Waals surface area contributed by atoms with Crippen LogP contribution >= 0.6 is 15.9 Å². The highest BCUT2D eigenvalue weighted by atomic mass is 79.9. The fourth-order valence-corrected chi connectivity index (χ4v) is 3.33. The van der Waals surface area contributed by atoms with Gasteiger partial charge in [0.15, 0.2) is 17.2 Å². The number of methoxy groups -OCH3 is 1. The average Bonchev–Trinajstić information content (AvgIpc) is 3.07. The van der Waals surface area contributed by atoms with Gasteiger partial charge in [-0.25, -0.2) is 9.79 Å². The highest BCUT2D eigenvalue weighted by Crippen LogP contribution is 2.37. The molecule has 156 valence electrons. The molecule has 1 aliphatic rings. The van der Waals surface area contributed by atoms with Crippen LogP contribution in [0.3, 0.4) is 0 Å². The molecule has 30 heavy (non-hydrogen) atoms. The summed E-state index contributed by atoms with van der Waals surface area (Å²) in [4.78, 5) is 27.7. The number of hydrogen-bond acceptors (Lipinski definition) is 6. The van der Waals surface area contributed by atoms with E-state index >= 15 is 0 Å². The molecule has 7 nitrogen and oxygen atoms in total. The maximum absolute atomic E-state index is 12.3. The molecule has 0 aromatic heterocycles. The zero-order chi connectivity index (χ0) is 21.7. The average molecular weight is 473 g/mol. The van der Waals surface area contributed by atoms with Crippen LogP contribution in [0.2, 0.25) is 0 Å². The highest BCUT2D eigenvalue weighted by molar-refractivity contribution is 9.10. The van der Waals surface area contributed by atoms with Crippen LogP contribution in [0.5, 0.6) is 11.5 Å². The Kier molecular flexibility index (Phi) is 6.89. The lowest BCUT2D eigenvalue weighted by atomic mass is 10.1. The van der Waals surface area contributed by atoms with Crippen LogP contribution in [0, 0.1) is 0 Å². The second-order valence-corrected chi connectivity index (χ2v) is 7.33. The molecule has 0 saturated carbocycles. The van der Waals surface area contributed by atoms with E-state index < -0.39 is 5.97 Å². The lowest BCUT2D eigenvalue weighted by Gasteiger charge is -2.13. The second-order valence-electron chi connectivity index (χ2n) is 6.48. The van der Waals surface area contributed by atoms with Gasteiger partial charge in [0.1, 0.15) is 0 Å². The first-order chi connectivity index (χ1) is 14.4. The van der Waals surface area contributed by atoms with E-state index in [9.17, 15) is 9.59 Å². The summed E-state index contributed by atoms with van der Waals surface area (Å²) in [5, 5.41) is 2.68. The van der Waals surface area contributed by atoms with Crippen LogP contribution < -0.4 is 14.8 Å². The lowest BCUT2D eigenvalue weighted by molar-refractivity contribution is -0.129. The molecule has 8 heteroatoms. The highest BCUT2D eigenvalue weighted by Gasteiger charge is 2.24. The number of ether oxygens (including phenoxy) is 3. The Bertz CT molecular complexity index is 1030. The molecule has 0 radical (unpaired) electrons. The zero-order valence-corrected chi connectivity index (χ0v) is 18.4. The van der Waals surface area contributed by atoms with E-state index in [-0.39, 0.29) is 17.5 Å². The summed E-state index contributed by atoms with van der Waals surface area (Å²) in [6, 6.07) is 10.5. The van der Waals surface area contributed by atoms with Gasteiger partial charge < -0.3 is 19.5 Å². The minimum absolute atomic E-state index is 0.162. The van der Waals surface area contributed by atoms with Gasteiger partial charge in [-0.2, -0.15) is 0 Å². The van der Waals surface area contributed by atoms with Gasteiger partial charge in [-0.3, -0.25) is 4.79 Å². The molecular weight excluding hydrogens is 452 g/mol. The molecule has 0 aliphatic carbocycles. The van der Waals surface area contributed by atoms with Gasteiger partial charge in [0, 0.05) is 18.2 Å². The number of cyclic esters (lactones) is 1. The van der Waals surface area contributed by atoms with Crippen molar-refractivity contribution in [2.24, 2.45) is 4.99 Å². The Hall–Kier alpha value is -3.13. The summed E-state index contributed by atoms with van der Waals surface area (Å²) < 4.78 is 17.2. The molecule has 0 spiro atoms. The Morgan fingerprint density at radius 2 is 2.00 bits per heavy atom. The molecule has 2 aromatic rings. The fourth-order valence-electron chi connectivity index (χ4n) is 2.76. The number of halogens is 1. The predicted molar refractivity (Wildman–Crippen MR) is 118 cm³/mol. The van der Waals surface area contributed by atoms with Crippen molar-refractivity contribution in [3.8, 4) is 11.5 Å². The Morgan fingerprint density at radius 1 is 1.27 bits per heavy atom. The predicted octanol–water partition coefficient (Wildman–Crippen LogP) is 4.55. The first-order valence-corrected chi connectivity index (χ1v) is 10.1. The quantitative estimate of drug-likeness (QED) is 0.471. The number of amides is 1. The molecule has 0 unspecified atom stereocenters. The van der Waals surface area contributed by atoms with Gasteiger partial charge in [-0.05, 0) is 70.4 Å². The van der Waals surface area contributed by atoms with Crippen LogP contribution in [0.1, 0.15) is 31.4 Å². The summed E-state index contributed by atoms with van der Waals surface area (Å²) >= 11 is 3.49. The summed E-state index contributed by atoms with van der Waals surface area (Å²) in [6.45, 7) is 4.02. The molecule has 0 atom stereocenters. The largest absolute Gasteiger partial charge is 0.493 e. The number of benzene rings is 2. The number of anilines is 1. The van der Waals surface area contributed by atoms with Crippen molar-refractivity contribution in [2.45, 2.75) is 20.3 Å². The Balaban J connectivity index is 1.87. The van der Waals surface area contributed by atoms with Crippen LogP contribution in [-0.2, 0) is 14.3 Å². The minimum Gasteiger partial charge on any atom is -0.493 e. The number of hydrogen-bond donors (Lipinski definition) is 1. The molecule has 3 rings (SSSR count). The monoisotopic (exact) mass is 472 g/mol. The fraction of sp³-hybridized carbons (Fsp3) is 0.227. The summed E-state index contributed by atoms with van der Waals surface area (Å²) in [5.41, 5.74) is 2.16. The number of carbonyl (C=O) groups excluding carboxylic acids is 2. The van der Waals surface area contributed by atoms with E-state index in [1.165, 1.54) is 6.92 Å². The van der Waals surface area contributed by atoms with Gasteiger partial charge in [0.2, 0.25) is 11.8 Å². The van der Waals surface area contributed by atoms with Gasteiger partial charge in [-0.15, -0.1) is 0 Å². The van der Waals surface area contributed by atoms with Crippen molar-refractivity contribution in [3.05, 3.63) is 57.7 Å². The topological polar surface area (TPSA) is 86.2 Å². The number of nitrogens with zero attached hydrogens (tertiary/aromatic N) is 1.